The largest absolute Gasteiger partial charge is 0.441 e. The molecule has 2 nitrogen and oxygen atoms in total. The summed E-state index contributed by atoms with van der Waals surface area (Å²) in [5, 5.41) is 0. The lowest BCUT2D eigenvalue weighted by Crippen LogP contribution is -2.10. The van der Waals surface area contributed by atoms with Crippen molar-refractivity contribution >= 4 is 27.0 Å². The van der Waals surface area contributed by atoms with Crippen molar-refractivity contribution in [1.29, 1.82) is 0 Å². The molecule has 0 aliphatic heterocycles. The molecule has 0 bridgehead atoms. The molecule has 1 fully saturated rings. The second-order valence-electron chi connectivity index (χ2n) is 6.72. The van der Waals surface area contributed by atoms with Crippen LogP contribution in [0.2, 0.25) is 0 Å². The molecule has 1 aromatic carbocycles. The zero-order valence-electron chi connectivity index (χ0n) is 11.9. The van der Waals surface area contributed by atoms with E-state index in [4.69, 9.17) is 4.42 Å². The lowest BCUT2D eigenvalue weighted by atomic mass is 10.0. The van der Waals surface area contributed by atoms with Crippen molar-refractivity contribution in [1.82, 2.24) is 4.98 Å². The molecule has 1 aliphatic carbocycles. The van der Waals surface area contributed by atoms with Crippen LogP contribution in [0.3, 0.4) is 0 Å². The molecule has 1 aliphatic rings. The zero-order chi connectivity index (χ0) is 13.8. The molecule has 0 saturated heterocycles. The van der Waals surface area contributed by atoms with Crippen LogP contribution in [0.4, 0.5) is 0 Å². The molecule has 102 valence electrons. The highest BCUT2D eigenvalue weighted by Gasteiger charge is 2.66. The predicted molar refractivity (Wildman–Crippen MR) is 81.5 cm³/mol. The Hall–Kier alpha value is -0.830. The molecular formula is C16H20BrNO. The Morgan fingerprint density at radius 2 is 1.84 bits per heavy atom. The summed E-state index contributed by atoms with van der Waals surface area (Å²) >= 11 is 3.85. The standard InChI is InChI=1S/C16H20BrNO/c1-15(2)14(16(15,3)4)10(17)9-13-18-11-7-5-6-8-12(11)19-13/h5-8,10,14H,9H2,1-4H3. The third kappa shape index (κ3) is 1.94. The van der Waals surface area contributed by atoms with Crippen molar-refractivity contribution < 1.29 is 4.42 Å². The minimum atomic E-state index is 0.382. The van der Waals surface area contributed by atoms with Crippen LogP contribution in [-0.4, -0.2) is 9.81 Å². The Bertz CT molecular complexity index is 567. The Morgan fingerprint density at radius 3 is 2.42 bits per heavy atom. The lowest BCUT2D eigenvalue weighted by molar-refractivity contribution is 0.457. The average Bonchev–Trinajstić information content (AvgIpc) is 2.61. The van der Waals surface area contributed by atoms with Crippen molar-refractivity contribution in [2.24, 2.45) is 16.7 Å². The van der Waals surface area contributed by atoms with Gasteiger partial charge in [-0.3, -0.25) is 0 Å². The molecule has 0 radical (unpaired) electrons. The maximum Gasteiger partial charge on any atom is 0.196 e. The predicted octanol–water partition coefficient (Wildman–Crippen LogP) is 4.82. The lowest BCUT2D eigenvalue weighted by Gasteiger charge is -2.09. The number of fused-ring (bicyclic) bond motifs is 1. The minimum Gasteiger partial charge on any atom is -0.441 e. The first-order valence-corrected chi connectivity index (χ1v) is 7.74. The van der Waals surface area contributed by atoms with Gasteiger partial charge in [-0.2, -0.15) is 0 Å². The van der Waals surface area contributed by atoms with Gasteiger partial charge in [0.2, 0.25) is 0 Å². The number of oxazole rings is 1. The van der Waals surface area contributed by atoms with Gasteiger partial charge in [0.1, 0.15) is 5.52 Å². The molecule has 0 spiro atoms. The van der Waals surface area contributed by atoms with E-state index in [1.165, 1.54) is 0 Å². The summed E-state index contributed by atoms with van der Waals surface area (Å²) in [6.07, 6.45) is 0.853. The normalized spacial score (nSPS) is 22.6. The van der Waals surface area contributed by atoms with E-state index < -0.39 is 0 Å². The van der Waals surface area contributed by atoms with E-state index in [0.29, 0.717) is 21.6 Å². The van der Waals surface area contributed by atoms with Gasteiger partial charge in [0, 0.05) is 11.2 Å². The molecule has 0 amide bonds. The van der Waals surface area contributed by atoms with E-state index in [2.05, 4.69) is 48.6 Å². The maximum absolute atomic E-state index is 5.81. The first-order chi connectivity index (χ1) is 8.84. The number of alkyl halides is 1. The van der Waals surface area contributed by atoms with Crippen LogP contribution < -0.4 is 0 Å². The fourth-order valence-corrected chi connectivity index (χ4v) is 5.04. The van der Waals surface area contributed by atoms with E-state index >= 15 is 0 Å². The quantitative estimate of drug-likeness (QED) is 0.758. The third-order valence-electron chi connectivity index (χ3n) is 5.20. The first kappa shape index (κ1) is 13.2. The summed E-state index contributed by atoms with van der Waals surface area (Å²) in [4.78, 5) is 4.98. The highest BCUT2D eigenvalue weighted by atomic mass is 79.9. The topological polar surface area (TPSA) is 26.0 Å². The van der Waals surface area contributed by atoms with Gasteiger partial charge < -0.3 is 4.42 Å². The van der Waals surface area contributed by atoms with Gasteiger partial charge in [-0.05, 0) is 28.9 Å². The highest BCUT2D eigenvalue weighted by molar-refractivity contribution is 9.09. The van der Waals surface area contributed by atoms with Gasteiger partial charge in [0.05, 0.1) is 0 Å². The number of nitrogens with zero attached hydrogens (tertiary/aromatic N) is 1. The van der Waals surface area contributed by atoms with Crippen molar-refractivity contribution in [2.75, 3.05) is 0 Å². The summed E-state index contributed by atoms with van der Waals surface area (Å²) < 4.78 is 5.81. The molecule has 1 saturated carbocycles. The fourth-order valence-electron chi connectivity index (χ4n) is 3.44. The molecule has 1 heterocycles. The minimum absolute atomic E-state index is 0.382. The van der Waals surface area contributed by atoms with Crippen LogP contribution >= 0.6 is 15.9 Å². The molecule has 3 heteroatoms. The number of hydrogen-bond donors (Lipinski definition) is 0. The van der Waals surface area contributed by atoms with Crippen molar-refractivity contribution in [3.05, 3.63) is 30.2 Å². The fraction of sp³-hybridized carbons (Fsp3) is 0.562. The van der Waals surface area contributed by atoms with Gasteiger partial charge in [0.25, 0.3) is 0 Å². The highest BCUT2D eigenvalue weighted by Crippen LogP contribution is 2.71. The summed E-state index contributed by atoms with van der Waals surface area (Å²) in [5.41, 5.74) is 2.60. The van der Waals surface area contributed by atoms with Gasteiger partial charge in [-0.1, -0.05) is 55.8 Å². The molecule has 2 aromatic rings. The molecule has 1 atom stereocenters. The van der Waals surface area contributed by atoms with Gasteiger partial charge in [-0.25, -0.2) is 4.98 Å². The van der Waals surface area contributed by atoms with E-state index in [9.17, 15) is 0 Å². The SMILES string of the molecule is CC1(C)C(C(Br)Cc2nc3ccccc3o2)C1(C)C. The Balaban J connectivity index is 1.79. The van der Waals surface area contributed by atoms with Crippen molar-refractivity contribution in [3.8, 4) is 0 Å². The smallest absolute Gasteiger partial charge is 0.196 e. The van der Waals surface area contributed by atoms with Crippen LogP contribution in [0, 0.1) is 16.7 Å². The number of para-hydroxylation sites is 2. The van der Waals surface area contributed by atoms with Crippen LogP contribution in [0.25, 0.3) is 11.1 Å². The molecular weight excluding hydrogens is 302 g/mol. The van der Waals surface area contributed by atoms with Crippen LogP contribution in [0.5, 0.6) is 0 Å². The van der Waals surface area contributed by atoms with E-state index in [0.717, 1.165) is 23.4 Å². The van der Waals surface area contributed by atoms with Gasteiger partial charge in [0.15, 0.2) is 11.5 Å². The Labute approximate surface area is 122 Å². The molecule has 1 aromatic heterocycles. The Kier molecular flexibility index (Phi) is 2.83. The number of benzene rings is 1. The second-order valence-corrected chi connectivity index (χ2v) is 7.89. The van der Waals surface area contributed by atoms with Gasteiger partial charge in [-0.15, -0.1) is 0 Å². The van der Waals surface area contributed by atoms with Crippen LogP contribution in [0.15, 0.2) is 28.7 Å². The number of halogens is 1. The zero-order valence-corrected chi connectivity index (χ0v) is 13.5. The first-order valence-electron chi connectivity index (χ1n) is 6.82. The number of rotatable bonds is 3. The summed E-state index contributed by atoms with van der Waals surface area (Å²) in [6.45, 7) is 9.38. The van der Waals surface area contributed by atoms with E-state index in [1.807, 2.05) is 24.3 Å². The monoisotopic (exact) mass is 321 g/mol. The molecule has 3 rings (SSSR count). The number of aromatic nitrogens is 1. The summed E-state index contributed by atoms with van der Waals surface area (Å²) in [5.74, 6) is 1.50. The van der Waals surface area contributed by atoms with E-state index in [-0.39, 0.29) is 0 Å². The van der Waals surface area contributed by atoms with Crippen LogP contribution in [0.1, 0.15) is 33.6 Å². The molecule has 19 heavy (non-hydrogen) atoms. The summed E-state index contributed by atoms with van der Waals surface area (Å²) in [7, 11) is 0. The van der Waals surface area contributed by atoms with Crippen molar-refractivity contribution in [3.63, 3.8) is 0 Å². The average molecular weight is 322 g/mol. The summed E-state index contributed by atoms with van der Waals surface area (Å²) in [6, 6.07) is 7.94. The number of hydrogen-bond acceptors (Lipinski definition) is 2. The molecule has 0 N–H and O–H groups in total. The van der Waals surface area contributed by atoms with Crippen molar-refractivity contribution in [2.45, 2.75) is 38.9 Å². The molecule has 1 unspecified atom stereocenters. The Morgan fingerprint density at radius 1 is 1.21 bits per heavy atom. The van der Waals surface area contributed by atoms with E-state index in [1.54, 1.807) is 0 Å². The van der Waals surface area contributed by atoms with Gasteiger partial charge >= 0.3 is 0 Å². The third-order valence-corrected chi connectivity index (χ3v) is 6.05. The van der Waals surface area contributed by atoms with Crippen LogP contribution in [-0.2, 0) is 6.42 Å². The maximum atomic E-state index is 5.81. The second kappa shape index (κ2) is 4.08.